The highest BCUT2D eigenvalue weighted by Crippen LogP contribution is 2.60. The van der Waals surface area contributed by atoms with Gasteiger partial charge in [0, 0.05) is 32.3 Å². The van der Waals surface area contributed by atoms with Crippen LogP contribution in [0.4, 0.5) is 0 Å². The van der Waals surface area contributed by atoms with E-state index in [2.05, 4.69) is 10.1 Å². The van der Waals surface area contributed by atoms with Gasteiger partial charge in [-0.2, -0.15) is 0 Å². The van der Waals surface area contributed by atoms with Gasteiger partial charge in [0.1, 0.15) is 0 Å². The van der Waals surface area contributed by atoms with Crippen LogP contribution in [0.2, 0.25) is 0 Å². The van der Waals surface area contributed by atoms with Gasteiger partial charge in [-0.3, -0.25) is 14.4 Å². The van der Waals surface area contributed by atoms with Gasteiger partial charge in [-0.15, -0.1) is 0 Å². The Labute approximate surface area is 166 Å². The third kappa shape index (κ3) is 3.76. The third-order valence-corrected chi connectivity index (χ3v) is 7.18. The van der Waals surface area contributed by atoms with Crippen molar-refractivity contribution >= 4 is 17.7 Å². The van der Waals surface area contributed by atoms with Crippen LogP contribution in [0.1, 0.15) is 38.5 Å². The van der Waals surface area contributed by atoms with Crippen molar-refractivity contribution in [3.8, 4) is 0 Å². The largest absolute Gasteiger partial charge is 0.504 e. The predicted molar refractivity (Wildman–Crippen MR) is 103 cm³/mol. The second kappa shape index (κ2) is 7.76. The van der Waals surface area contributed by atoms with E-state index < -0.39 is 0 Å². The minimum Gasteiger partial charge on any atom is -0.504 e. The van der Waals surface area contributed by atoms with Crippen LogP contribution in [0.25, 0.3) is 0 Å². The first kappa shape index (κ1) is 19.3. The van der Waals surface area contributed by atoms with E-state index in [4.69, 9.17) is 0 Å². The minimum absolute atomic E-state index is 0.0319. The zero-order chi connectivity index (χ0) is 19.7. The lowest BCUT2D eigenvalue weighted by atomic mass is 9.49. The first-order valence-corrected chi connectivity index (χ1v) is 10.5. The minimum atomic E-state index is -0.356. The zero-order valence-corrected chi connectivity index (χ0v) is 16.7. The van der Waals surface area contributed by atoms with E-state index in [0.717, 1.165) is 37.0 Å². The number of nitrogens with zero attached hydrogens (tertiary/aromatic N) is 2. The highest BCUT2D eigenvalue weighted by molar-refractivity contribution is 5.91. The molecule has 4 saturated carbocycles. The highest BCUT2D eigenvalue weighted by Gasteiger charge is 2.55. The molecule has 1 heterocycles. The number of methoxy groups -OCH3 is 1. The Morgan fingerprint density at radius 1 is 0.964 bits per heavy atom. The molecule has 0 unspecified atom stereocenters. The molecule has 4 bridgehead atoms. The van der Waals surface area contributed by atoms with Crippen LogP contribution in [-0.2, 0) is 19.1 Å². The van der Waals surface area contributed by atoms with Gasteiger partial charge < -0.3 is 19.9 Å². The average Bonchev–Trinajstić information content (AvgIpc) is 2.69. The molecule has 154 valence electrons. The lowest BCUT2D eigenvalue weighted by molar-refractivity contribution is -0.160. The average molecular weight is 389 g/mol. The van der Waals surface area contributed by atoms with Crippen molar-refractivity contribution in [3.63, 3.8) is 0 Å². The Kier molecular flexibility index (Phi) is 5.34. The summed E-state index contributed by atoms with van der Waals surface area (Å²) in [5.74, 6) is 2.15. The van der Waals surface area contributed by atoms with Gasteiger partial charge in [0.2, 0.25) is 17.7 Å². The number of carbonyl (C=O) groups is 3. The molecule has 0 spiro atoms. The molecule has 0 aromatic rings. The maximum absolute atomic E-state index is 13.4. The van der Waals surface area contributed by atoms with Crippen molar-refractivity contribution in [2.24, 2.45) is 23.2 Å². The number of ether oxygens (including phenoxy) is 1. The van der Waals surface area contributed by atoms with Crippen LogP contribution in [0.3, 0.4) is 0 Å². The van der Waals surface area contributed by atoms with Gasteiger partial charge in [-0.1, -0.05) is 0 Å². The van der Waals surface area contributed by atoms with Crippen LogP contribution in [0.15, 0.2) is 12.3 Å². The van der Waals surface area contributed by atoms with Crippen LogP contribution in [0, 0.1) is 23.2 Å². The number of hydrogen-bond acceptors (Lipinski definition) is 4. The topological polar surface area (TPSA) is 79.0 Å². The van der Waals surface area contributed by atoms with Crippen LogP contribution in [-0.4, -0.2) is 67.4 Å². The van der Waals surface area contributed by atoms with E-state index in [9.17, 15) is 14.4 Å². The first-order chi connectivity index (χ1) is 13.5. The van der Waals surface area contributed by atoms with Crippen molar-refractivity contribution in [2.45, 2.75) is 38.5 Å². The van der Waals surface area contributed by atoms with Gasteiger partial charge in [0.25, 0.3) is 0 Å². The number of rotatable bonds is 5. The monoisotopic (exact) mass is 389 g/mol. The maximum Gasteiger partial charge on any atom is 0.247 e. The molecule has 1 aliphatic heterocycles. The molecule has 1 saturated heterocycles. The van der Waals surface area contributed by atoms with Gasteiger partial charge >= 0.3 is 0 Å². The molecule has 0 radical (unpaired) electrons. The Bertz CT molecular complexity index is 631. The Hall–Kier alpha value is -2.05. The van der Waals surface area contributed by atoms with Crippen molar-refractivity contribution in [2.75, 3.05) is 39.8 Å². The maximum atomic E-state index is 13.4. The van der Waals surface area contributed by atoms with Crippen LogP contribution in [0.5, 0.6) is 0 Å². The molecule has 3 amide bonds. The van der Waals surface area contributed by atoms with Crippen molar-refractivity contribution in [1.29, 1.82) is 0 Å². The van der Waals surface area contributed by atoms with Crippen LogP contribution >= 0.6 is 0 Å². The third-order valence-electron chi connectivity index (χ3n) is 7.18. The van der Waals surface area contributed by atoms with E-state index in [0.29, 0.717) is 32.1 Å². The van der Waals surface area contributed by atoms with E-state index >= 15 is 0 Å². The summed E-state index contributed by atoms with van der Waals surface area (Å²) in [6.45, 7) is 2.25. The summed E-state index contributed by atoms with van der Waals surface area (Å²) in [4.78, 5) is 41.0. The summed E-state index contributed by atoms with van der Waals surface area (Å²) in [6.07, 6.45) is 9.76. The second-order valence-electron chi connectivity index (χ2n) is 9.13. The quantitative estimate of drug-likeness (QED) is 0.565. The first-order valence-electron chi connectivity index (χ1n) is 10.5. The zero-order valence-electron chi connectivity index (χ0n) is 16.7. The molecule has 7 nitrogen and oxygen atoms in total. The number of nitrogens with one attached hydrogen (secondary N) is 1. The van der Waals surface area contributed by atoms with Crippen molar-refractivity contribution in [3.05, 3.63) is 12.3 Å². The summed E-state index contributed by atoms with van der Waals surface area (Å²) in [7, 11) is 1.46. The fourth-order valence-electron chi connectivity index (χ4n) is 6.33. The molecular formula is C21H31N3O4. The predicted octanol–water partition coefficient (Wildman–Crippen LogP) is 1.15. The summed E-state index contributed by atoms with van der Waals surface area (Å²) < 4.78 is 4.68. The molecule has 5 rings (SSSR count). The lowest BCUT2D eigenvalue weighted by Crippen LogP contribution is -2.59. The SMILES string of the molecule is CO/C=C/C(=O)NCC(=O)N1CCN(C(=O)C23CC4CC(CC(C4)C2)C3)CC1. The number of carbonyl (C=O) groups excluding carboxylic acids is 3. The Morgan fingerprint density at radius 3 is 2.04 bits per heavy atom. The fourth-order valence-corrected chi connectivity index (χ4v) is 6.33. The van der Waals surface area contributed by atoms with Gasteiger partial charge in [0.05, 0.1) is 25.3 Å². The Balaban J connectivity index is 1.27. The Morgan fingerprint density at radius 2 is 1.50 bits per heavy atom. The number of hydrogen-bond donors (Lipinski definition) is 1. The van der Waals surface area contributed by atoms with Crippen molar-refractivity contribution in [1.82, 2.24) is 15.1 Å². The van der Waals surface area contributed by atoms with Crippen LogP contribution < -0.4 is 5.32 Å². The van der Waals surface area contributed by atoms with E-state index in [-0.39, 0.29) is 23.8 Å². The standard InChI is InChI=1S/C21H31N3O4/c1-28-7-2-18(25)22-14-19(26)23-3-5-24(6-4-23)20(27)21-11-15-8-16(12-21)10-17(9-15)13-21/h2,7,15-17H,3-6,8-14H2,1H3,(H,22,25)/b7-2+. The summed E-state index contributed by atoms with van der Waals surface area (Å²) in [5.41, 5.74) is -0.109. The molecule has 0 aromatic carbocycles. The van der Waals surface area contributed by atoms with E-state index in [1.165, 1.54) is 38.7 Å². The molecule has 1 N–H and O–H groups in total. The second-order valence-corrected chi connectivity index (χ2v) is 9.13. The molecule has 5 fully saturated rings. The smallest absolute Gasteiger partial charge is 0.247 e. The number of piperazine rings is 1. The number of amides is 3. The van der Waals surface area contributed by atoms with Gasteiger partial charge in [0.15, 0.2) is 0 Å². The molecule has 4 aliphatic carbocycles. The van der Waals surface area contributed by atoms with Crippen molar-refractivity contribution < 1.29 is 19.1 Å². The van der Waals surface area contributed by atoms with Gasteiger partial charge in [-0.05, 0) is 56.3 Å². The van der Waals surface area contributed by atoms with E-state index in [1.54, 1.807) is 4.90 Å². The normalized spacial score (nSPS) is 34.0. The summed E-state index contributed by atoms with van der Waals surface area (Å²) in [5, 5.41) is 2.56. The van der Waals surface area contributed by atoms with Gasteiger partial charge in [-0.25, -0.2) is 0 Å². The fraction of sp³-hybridized carbons (Fsp3) is 0.762. The summed E-state index contributed by atoms with van der Waals surface area (Å²) in [6, 6.07) is 0. The highest BCUT2D eigenvalue weighted by atomic mass is 16.5. The molecule has 0 aromatic heterocycles. The lowest BCUT2D eigenvalue weighted by Gasteiger charge is -2.57. The molecule has 7 heteroatoms. The molecule has 0 atom stereocenters. The van der Waals surface area contributed by atoms with E-state index in [1.807, 2.05) is 4.90 Å². The molecule has 5 aliphatic rings. The summed E-state index contributed by atoms with van der Waals surface area (Å²) >= 11 is 0. The molecular weight excluding hydrogens is 358 g/mol. The molecule has 28 heavy (non-hydrogen) atoms.